The predicted molar refractivity (Wildman–Crippen MR) is 86.7 cm³/mol. The minimum Gasteiger partial charge on any atom is -0.325 e. The number of amides is 1. The lowest BCUT2D eigenvalue weighted by atomic mass is 9.74. The van der Waals surface area contributed by atoms with E-state index in [2.05, 4.69) is 22.4 Å². The molecule has 0 saturated heterocycles. The van der Waals surface area contributed by atoms with Gasteiger partial charge in [0.25, 0.3) is 0 Å². The molecule has 1 aliphatic carbocycles. The third-order valence-electron chi connectivity index (χ3n) is 3.48. The average Bonchev–Trinajstić information content (AvgIpc) is 2.76. The van der Waals surface area contributed by atoms with Gasteiger partial charge < -0.3 is 11.1 Å². The first-order valence-electron chi connectivity index (χ1n) is 6.59. The summed E-state index contributed by atoms with van der Waals surface area (Å²) in [5.41, 5.74) is 5.82. The number of aromatic nitrogens is 2. The van der Waals surface area contributed by atoms with Crippen LogP contribution >= 0.6 is 35.5 Å². The second kappa shape index (κ2) is 7.59. The number of carbonyl (C=O) groups excluding carboxylic acids is 1. The molecule has 1 heterocycles. The van der Waals surface area contributed by atoms with Crippen LogP contribution in [0, 0.1) is 5.92 Å². The van der Waals surface area contributed by atoms with Gasteiger partial charge in [-0.1, -0.05) is 42.9 Å². The van der Waals surface area contributed by atoms with Crippen molar-refractivity contribution in [2.75, 3.05) is 11.1 Å². The summed E-state index contributed by atoms with van der Waals surface area (Å²) in [6.07, 6.45) is 3.93. The molecule has 1 amide bonds. The molecular weight excluding hydrogens is 316 g/mol. The molecule has 0 aliphatic heterocycles. The van der Waals surface area contributed by atoms with Crippen LogP contribution in [0.3, 0.4) is 0 Å². The van der Waals surface area contributed by atoms with Crippen LogP contribution in [-0.2, 0) is 4.79 Å². The largest absolute Gasteiger partial charge is 0.325 e. The Hall–Kier alpha value is -0.370. The van der Waals surface area contributed by atoms with Crippen LogP contribution < -0.4 is 11.1 Å². The second-order valence-corrected chi connectivity index (χ2v) is 7.59. The molecule has 1 fully saturated rings. The number of hydrogen-bond acceptors (Lipinski definition) is 6. The smallest absolute Gasteiger partial charge is 0.231 e. The van der Waals surface area contributed by atoms with E-state index in [1.54, 1.807) is 11.8 Å². The van der Waals surface area contributed by atoms with Gasteiger partial charge in [-0.2, -0.15) is 0 Å². The van der Waals surface area contributed by atoms with E-state index in [1.807, 2.05) is 6.92 Å². The van der Waals surface area contributed by atoms with E-state index in [1.165, 1.54) is 11.3 Å². The quantitative estimate of drug-likeness (QED) is 0.652. The van der Waals surface area contributed by atoms with Crippen LogP contribution in [0.5, 0.6) is 0 Å². The maximum absolute atomic E-state index is 12.3. The summed E-state index contributed by atoms with van der Waals surface area (Å²) in [4.78, 5) is 12.3. The van der Waals surface area contributed by atoms with Crippen molar-refractivity contribution in [2.45, 2.75) is 49.4 Å². The highest BCUT2D eigenvalue weighted by Crippen LogP contribution is 2.33. The first-order valence-corrected chi connectivity index (χ1v) is 8.39. The Balaban J connectivity index is 0.00000200. The molecule has 1 aromatic heterocycles. The number of nitrogens with zero attached hydrogens (tertiary/aromatic N) is 2. The summed E-state index contributed by atoms with van der Waals surface area (Å²) in [5.74, 6) is 0.799. The summed E-state index contributed by atoms with van der Waals surface area (Å²) in [5, 5.41) is 11.4. The van der Waals surface area contributed by atoms with Gasteiger partial charge in [-0.25, -0.2) is 0 Å². The Bertz CT molecular complexity index is 452. The molecular formula is C12H21ClN4OS2. The molecule has 0 radical (unpaired) electrons. The van der Waals surface area contributed by atoms with Crippen LogP contribution in [0.2, 0.25) is 0 Å². The first kappa shape index (κ1) is 17.7. The lowest BCUT2D eigenvalue weighted by Gasteiger charge is -2.36. The van der Waals surface area contributed by atoms with E-state index < -0.39 is 5.54 Å². The maximum atomic E-state index is 12.3. The number of carbonyl (C=O) groups is 1. The van der Waals surface area contributed by atoms with Gasteiger partial charge in [-0.3, -0.25) is 4.79 Å². The fraction of sp³-hybridized carbons (Fsp3) is 0.750. The van der Waals surface area contributed by atoms with Gasteiger partial charge in [0.2, 0.25) is 11.0 Å². The summed E-state index contributed by atoms with van der Waals surface area (Å²) in [6, 6.07) is 0. The average molecular weight is 337 g/mol. The highest BCUT2D eigenvalue weighted by molar-refractivity contribution is 8.01. The predicted octanol–water partition coefficient (Wildman–Crippen LogP) is 2.92. The van der Waals surface area contributed by atoms with Gasteiger partial charge in [0.15, 0.2) is 4.34 Å². The Morgan fingerprint density at radius 2 is 2.30 bits per heavy atom. The minimum atomic E-state index is -0.409. The zero-order chi connectivity index (χ0) is 13.9. The van der Waals surface area contributed by atoms with E-state index in [0.29, 0.717) is 5.13 Å². The highest BCUT2D eigenvalue weighted by Gasteiger charge is 2.38. The molecule has 2 rings (SSSR count). The van der Waals surface area contributed by atoms with E-state index in [4.69, 9.17) is 5.73 Å². The molecule has 1 saturated carbocycles. The van der Waals surface area contributed by atoms with Crippen LogP contribution in [0.25, 0.3) is 0 Å². The number of anilines is 1. The zero-order valence-electron chi connectivity index (χ0n) is 11.7. The second-order valence-electron chi connectivity index (χ2n) is 5.10. The van der Waals surface area contributed by atoms with Gasteiger partial charge in [0.1, 0.15) is 0 Å². The molecule has 2 atom stereocenters. The fourth-order valence-electron chi connectivity index (χ4n) is 2.42. The zero-order valence-corrected chi connectivity index (χ0v) is 14.2. The lowest BCUT2D eigenvalue weighted by molar-refractivity contribution is -0.122. The van der Waals surface area contributed by atoms with E-state index in [0.717, 1.165) is 35.8 Å². The molecule has 2 unspecified atom stereocenters. The van der Waals surface area contributed by atoms with Gasteiger partial charge in [-0.05, 0) is 25.5 Å². The van der Waals surface area contributed by atoms with Crippen LogP contribution in [0.1, 0.15) is 39.5 Å². The Labute approximate surface area is 133 Å². The number of halogens is 1. The monoisotopic (exact) mass is 336 g/mol. The number of rotatable bonds is 4. The van der Waals surface area contributed by atoms with Crippen LogP contribution in [0.15, 0.2) is 4.34 Å². The number of nitrogens with two attached hydrogens (primary N) is 1. The van der Waals surface area contributed by atoms with Crippen molar-refractivity contribution < 1.29 is 4.79 Å². The maximum Gasteiger partial charge on any atom is 0.231 e. The Morgan fingerprint density at radius 1 is 1.55 bits per heavy atom. The van der Waals surface area contributed by atoms with Crippen molar-refractivity contribution in [3.63, 3.8) is 0 Å². The Kier molecular flexibility index (Phi) is 6.71. The highest BCUT2D eigenvalue weighted by atomic mass is 35.5. The molecule has 114 valence electrons. The molecule has 0 bridgehead atoms. The topological polar surface area (TPSA) is 80.9 Å². The van der Waals surface area contributed by atoms with Gasteiger partial charge in [0.05, 0.1) is 5.92 Å². The van der Waals surface area contributed by atoms with Crippen molar-refractivity contribution in [3.05, 3.63) is 0 Å². The van der Waals surface area contributed by atoms with E-state index in [9.17, 15) is 4.79 Å². The lowest BCUT2D eigenvalue weighted by Crippen LogP contribution is -2.51. The molecule has 5 nitrogen and oxygen atoms in total. The number of thioether (sulfide) groups is 1. The first-order chi connectivity index (χ1) is 9.03. The van der Waals surface area contributed by atoms with E-state index >= 15 is 0 Å². The summed E-state index contributed by atoms with van der Waals surface area (Å²) in [6.45, 7) is 4.03. The molecule has 1 aliphatic rings. The molecule has 20 heavy (non-hydrogen) atoms. The van der Waals surface area contributed by atoms with E-state index in [-0.39, 0.29) is 24.2 Å². The molecule has 8 heteroatoms. The standard InChI is InChI=1S/C12H20N4OS2.ClH/c1-3-18-11-16-15-10(19-11)14-9(17)8-6-4-5-7-12(8,2)13;/h8H,3-7,13H2,1-2H3,(H,14,15,17);1H. The van der Waals surface area contributed by atoms with Crippen molar-refractivity contribution in [1.29, 1.82) is 0 Å². The van der Waals surface area contributed by atoms with Gasteiger partial charge in [0, 0.05) is 5.54 Å². The van der Waals surface area contributed by atoms with Crippen LogP contribution in [0.4, 0.5) is 5.13 Å². The summed E-state index contributed by atoms with van der Waals surface area (Å²) < 4.78 is 0.886. The number of nitrogens with one attached hydrogen (secondary N) is 1. The van der Waals surface area contributed by atoms with Gasteiger partial charge >= 0.3 is 0 Å². The summed E-state index contributed by atoms with van der Waals surface area (Å²) in [7, 11) is 0. The third kappa shape index (κ3) is 4.31. The number of hydrogen-bond donors (Lipinski definition) is 2. The van der Waals surface area contributed by atoms with Crippen molar-refractivity contribution in [3.8, 4) is 0 Å². The molecule has 1 aromatic rings. The SMILES string of the molecule is CCSc1nnc(NC(=O)C2CCCCC2(C)N)s1.Cl. The molecule has 3 N–H and O–H groups in total. The molecule has 0 aromatic carbocycles. The minimum absolute atomic E-state index is 0. The third-order valence-corrected chi connectivity index (χ3v) is 5.33. The summed E-state index contributed by atoms with van der Waals surface area (Å²) >= 11 is 3.05. The van der Waals surface area contributed by atoms with Crippen molar-refractivity contribution in [1.82, 2.24) is 10.2 Å². The Morgan fingerprint density at radius 3 is 2.95 bits per heavy atom. The van der Waals surface area contributed by atoms with Crippen molar-refractivity contribution >= 4 is 46.5 Å². The van der Waals surface area contributed by atoms with Gasteiger partial charge in [-0.15, -0.1) is 22.6 Å². The normalized spacial score (nSPS) is 25.9. The fourth-order valence-corrected chi connectivity index (χ4v) is 4.08. The van der Waals surface area contributed by atoms with Crippen molar-refractivity contribution in [2.24, 2.45) is 11.7 Å². The van der Waals surface area contributed by atoms with Crippen LogP contribution in [-0.4, -0.2) is 27.4 Å². The molecule has 0 spiro atoms.